The van der Waals surface area contributed by atoms with Gasteiger partial charge < -0.3 is 0 Å². The van der Waals surface area contributed by atoms with Crippen LogP contribution in [-0.2, 0) is 6.54 Å². The van der Waals surface area contributed by atoms with E-state index in [0.717, 1.165) is 24.0 Å². The zero-order valence-corrected chi connectivity index (χ0v) is 8.64. The van der Waals surface area contributed by atoms with Crippen LogP contribution in [0.4, 0.5) is 0 Å². The fourth-order valence-electron chi connectivity index (χ4n) is 1.38. The summed E-state index contributed by atoms with van der Waals surface area (Å²) >= 11 is 0. The SMILES string of the molecule is CC(C)CCn1nc2ccccc2n1. The minimum atomic E-state index is 0.698. The molecule has 0 aliphatic heterocycles. The Labute approximate surface area is 83.7 Å². The first kappa shape index (κ1) is 9.19. The van der Waals surface area contributed by atoms with Crippen LogP contribution in [0.5, 0.6) is 0 Å². The van der Waals surface area contributed by atoms with Crippen molar-refractivity contribution < 1.29 is 0 Å². The Morgan fingerprint density at radius 3 is 2.21 bits per heavy atom. The van der Waals surface area contributed by atoms with Gasteiger partial charge >= 0.3 is 0 Å². The van der Waals surface area contributed by atoms with Crippen LogP contribution in [-0.4, -0.2) is 15.0 Å². The summed E-state index contributed by atoms with van der Waals surface area (Å²) in [4.78, 5) is 1.80. The lowest BCUT2D eigenvalue weighted by Crippen LogP contribution is -2.04. The summed E-state index contributed by atoms with van der Waals surface area (Å²) in [5.41, 5.74) is 1.97. The lowest BCUT2D eigenvalue weighted by Gasteiger charge is -2.01. The highest BCUT2D eigenvalue weighted by Gasteiger charge is 2.01. The molecular weight excluding hydrogens is 174 g/mol. The molecule has 1 aromatic heterocycles. The Bertz CT molecular complexity index is 384. The van der Waals surface area contributed by atoms with Crippen molar-refractivity contribution in [2.24, 2.45) is 5.92 Å². The molecular formula is C11H15N3. The first-order valence-electron chi connectivity index (χ1n) is 5.05. The van der Waals surface area contributed by atoms with E-state index >= 15 is 0 Å². The van der Waals surface area contributed by atoms with Crippen molar-refractivity contribution >= 4 is 11.0 Å². The fourth-order valence-corrected chi connectivity index (χ4v) is 1.38. The van der Waals surface area contributed by atoms with Crippen molar-refractivity contribution in [2.45, 2.75) is 26.8 Å². The molecule has 74 valence electrons. The highest BCUT2D eigenvalue weighted by atomic mass is 15.5. The number of hydrogen-bond acceptors (Lipinski definition) is 2. The summed E-state index contributed by atoms with van der Waals surface area (Å²) in [6, 6.07) is 7.97. The van der Waals surface area contributed by atoms with Crippen LogP contribution < -0.4 is 0 Å². The topological polar surface area (TPSA) is 30.7 Å². The van der Waals surface area contributed by atoms with Crippen LogP contribution in [0.25, 0.3) is 11.0 Å². The summed E-state index contributed by atoms with van der Waals surface area (Å²) in [6.07, 6.45) is 1.13. The highest BCUT2D eigenvalue weighted by molar-refractivity contribution is 5.72. The van der Waals surface area contributed by atoms with Crippen molar-refractivity contribution in [2.75, 3.05) is 0 Å². The van der Waals surface area contributed by atoms with Gasteiger partial charge in [-0.2, -0.15) is 15.0 Å². The van der Waals surface area contributed by atoms with Gasteiger partial charge in [0.25, 0.3) is 0 Å². The molecule has 2 aromatic rings. The molecule has 0 saturated heterocycles. The summed E-state index contributed by atoms with van der Waals surface area (Å²) in [6.45, 7) is 5.33. The lowest BCUT2D eigenvalue weighted by atomic mass is 10.1. The van der Waals surface area contributed by atoms with Crippen LogP contribution in [0, 0.1) is 5.92 Å². The van der Waals surface area contributed by atoms with Crippen molar-refractivity contribution in [3.05, 3.63) is 24.3 Å². The Kier molecular flexibility index (Phi) is 2.48. The largest absolute Gasteiger partial charge is 0.184 e. The minimum Gasteiger partial charge on any atom is -0.184 e. The van der Waals surface area contributed by atoms with Crippen LogP contribution in [0.1, 0.15) is 20.3 Å². The van der Waals surface area contributed by atoms with E-state index in [-0.39, 0.29) is 0 Å². The molecule has 0 saturated carbocycles. The van der Waals surface area contributed by atoms with Gasteiger partial charge in [-0.05, 0) is 24.5 Å². The zero-order chi connectivity index (χ0) is 9.97. The molecule has 1 heterocycles. The third-order valence-electron chi connectivity index (χ3n) is 2.23. The molecule has 0 bridgehead atoms. The summed E-state index contributed by atoms with van der Waals surface area (Å²) < 4.78 is 0. The van der Waals surface area contributed by atoms with Crippen molar-refractivity contribution in [3.63, 3.8) is 0 Å². The predicted molar refractivity (Wildman–Crippen MR) is 57.0 cm³/mol. The monoisotopic (exact) mass is 189 g/mol. The summed E-state index contributed by atoms with van der Waals surface area (Å²) in [5.74, 6) is 0.698. The summed E-state index contributed by atoms with van der Waals surface area (Å²) in [5, 5.41) is 8.78. The highest BCUT2D eigenvalue weighted by Crippen LogP contribution is 2.08. The van der Waals surface area contributed by atoms with Gasteiger partial charge in [-0.3, -0.25) is 0 Å². The molecule has 0 N–H and O–H groups in total. The standard InChI is InChI=1S/C11H15N3/c1-9(2)7-8-14-12-10-5-3-4-6-11(10)13-14/h3-6,9H,7-8H2,1-2H3. The molecule has 2 rings (SSSR count). The molecule has 14 heavy (non-hydrogen) atoms. The van der Waals surface area contributed by atoms with Crippen molar-refractivity contribution in [1.82, 2.24) is 15.0 Å². The molecule has 0 aliphatic rings. The van der Waals surface area contributed by atoms with E-state index in [9.17, 15) is 0 Å². The molecule has 3 heteroatoms. The maximum Gasteiger partial charge on any atom is 0.113 e. The predicted octanol–water partition coefficient (Wildman–Crippen LogP) is 2.48. The van der Waals surface area contributed by atoms with E-state index in [4.69, 9.17) is 0 Å². The molecule has 0 spiro atoms. The average Bonchev–Trinajstić information content (AvgIpc) is 2.57. The van der Waals surface area contributed by atoms with Gasteiger partial charge in [0.05, 0.1) is 6.54 Å². The number of nitrogens with zero attached hydrogens (tertiary/aromatic N) is 3. The number of benzene rings is 1. The normalized spacial score (nSPS) is 11.4. The smallest absolute Gasteiger partial charge is 0.113 e. The van der Waals surface area contributed by atoms with Gasteiger partial charge in [0, 0.05) is 0 Å². The second kappa shape index (κ2) is 3.78. The van der Waals surface area contributed by atoms with E-state index in [1.807, 2.05) is 24.3 Å². The van der Waals surface area contributed by atoms with E-state index in [1.54, 1.807) is 4.80 Å². The van der Waals surface area contributed by atoms with Gasteiger partial charge in [-0.25, -0.2) is 0 Å². The quantitative estimate of drug-likeness (QED) is 0.742. The van der Waals surface area contributed by atoms with Crippen LogP contribution in [0.2, 0.25) is 0 Å². The molecule has 0 amide bonds. The molecule has 3 nitrogen and oxygen atoms in total. The minimum absolute atomic E-state index is 0.698. The third kappa shape index (κ3) is 1.92. The molecule has 0 unspecified atom stereocenters. The van der Waals surface area contributed by atoms with Gasteiger partial charge in [0.2, 0.25) is 0 Å². The van der Waals surface area contributed by atoms with Crippen LogP contribution in [0.15, 0.2) is 24.3 Å². The zero-order valence-electron chi connectivity index (χ0n) is 8.64. The second-order valence-corrected chi connectivity index (χ2v) is 3.97. The third-order valence-corrected chi connectivity index (χ3v) is 2.23. The Morgan fingerprint density at radius 2 is 1.71 bits per heavy atom. The number of aryl methyl sites for hydroxylation is 1. The Hall–Kier alpha value is -1.38. The van der Waals surface area contributed by atoms with E-state index in [1.165, 1.54) is 0 Å². The number of fused-ring (bicyclic) bond motifs is 1. The molecule has 1 aromatic carbocycles. The van der Waals surface area contributed by atoms with Gasteiger partial charge in [-0.15, -0.1) is 0 Å². The lowest BCUT2D eigenvalue weighted by molar-refractivity contribution is 0.453. The first-order chi connectivity index (χ1) is 6.75. The number of rotatable bonds is 3. The van der Waals surface area contributed by atoms with E-state index in [0.29, 0.717) is 5.92 Å². The summed E-state index contributed by atoms with van der Waals surface area (Å²) in [7, 11) is 0. The maximum absolute atomic E-state index is 4.39. The van der Waals surface area contributed by atoms with Crippen LogP contribution in [0.3, 0.4) is 0 Å². The van der Waals surface area contributed by atoms with Crippen molar-refractivity contribution in [3.8, 4) is 0 Å². The van der Waals surface area contributed by atoms with E-state index in [2.05, 4.69) is 24.0 Å². The molecule has 0 atom stereocenters. The Balaban J connectivity index is 2.19. The fraction of sp³-hybridized carbons (Fsp3) is 0.455. The van der Waals surface area contributed by atoms with E-state index < -0.39 is 0 Å². The average molecular weight is 189 g/mol. The first-order valence-corrected chi connectivity index (χ1v) is 5.05. The van der Waals surface area contributed by atoms with Gasteiger partial charge in [0.15, 0.2) is 0 Å². The van der Waals surface area contributed by atoms with Crippen molar-refractivity contribution in [1.29, 1.82) is 0 Å². The van der Waals surface area contributed by atoms with Gasteiger partial charge in [-0.1, -0.05) is 26.0 Å². The molecule has 0 aliphatic carbocycles. The number of hydrogen-bond donors (Lipinski definition) is 0. The molecule has 0 fully saturated rings. The van der Waals surface area contributed by atoms with Gasteiger partial charge in [0.1, 0.15) is 11.0 Å². The molecule has 0 radical (unpaired) electrons. The van der Waals surface area contributed by atoms with Crippen LogP contribution >= 0.6 is 0 Å². The maximum atomic E-state index is 4.39. The Morgan fingerprint density at radius 1 is 1.14 bits per heavy atom. The number of aromatic nitrogens is 3. The second-order valence-electron chi connectivity index (χ2n) is 3.97.